The summed E-state index contributed by atoms with van der Waals surface area (Å²) in [6.07, 6.45) is 1.89. The number of likely N-dealkylation sites (N-methyl/N-ethyl adjacent to an activating group) is 1. The Bertz CT molecular complexity index is 1730. The molecular formula is C28H26BrN3O3S2. The first-order chi connectivity index (χ1) is 17.9. The number of rotatable bonds is 6. The number of allylic oxidation sites excluding steroid dienone is 1. The number of carbonyl (C=O) groups excluding carboxylic acids is 1. The zero-order valence-corrected chi connectivity index (χ0v) is 24.2. The van der Waals surface area contributed by atoms with E-state index in [0.29, 0.717) is 39.4 Å². The molecule has 0 unspecified atom stereocenters. The smallest absolute Gasteiger partial charge is 0.271 e. The van der Waals surface area contributed by atoms with E-state index in [1.54, 1.807) is 27.9 Å². The molecule has 6 nitrogen and oxygen atoms in total. The Morgan fingerprint density at radius 2 is 1.89 bits per heavy atom. The quantitative estimate of drug-likeness (QED) is 0.312. The lowest BCUT2D eigenvalue weighted by atomic mass is 9.90. The highest BCUT2D eigenvalue weighted by Gasteiger charge is 2.36. The molecule has 3 heterocycles. The summed E-state index contributed by atoms with van der Waals surface area (Å²) < 4.78 is 9.08. The van der Waals surface area contributed by atoms with Gasteiger partial charge in [-0.15, -0.1) is 11.3 Å². The van der Waals surface area contributed by atoms with Crippen molar-refractivity contribution >= 4 is 61.4 Å². The Morgan fingerprint density at radius 3 is 2.57 bits per heavy atom. The predicted molar refractivity (Wildman–Crippen MR) is 154 cm³/mol. The molecule has 0 saturated carbocycles. The van der Waals surface area contributed by atoms with Crippen molar-refractivity contribution in [1.82, 2.24) is 9.47 Å². The van der Waals surface area contributed by atoms with E-state index in [4.69, 9.17) is 9.73 Å². The molecule has 5 rings (SSSR count). The Kier molecular flexibility index (Phi) is 7.20. The number of aromatic nitrogens is 1. The van der Waals surface area contributed by atoms with Gasteiger partial charge in [-0.2, -0.15) is 0 Å². The summed E-state index contributed by atoms with van der Waals surface area (Å²) in [5, 5.41) is 1.94. The third-order valence-electron chi connectivity index (χ3n) is 6.59. The molecule has 0 spiro atoms. The molecule has 0 N–H and O–H groups in total. The van der Waals surface area contributed by atoms with Gasteiger partial charge in [0.25, 0.3) is 11.5 Å². The molecule has 0 aliphatic carbocycles. The van der Waals surface area contributed by atoms with E-state index >= 15 is 0 Å². The third kappa shape index (κ3) is 4.49. The number of ether oxygens (including phenoxy) is 1. The standard InChI is InChI=1S/C28H26BrN3O3S2/c1-5-31(6-2)27(34)23-16(3)30-28-32(26(33)21(37-28)15-18-12-14-22(29)36-18)25(23)24-19-10-8-7-9-17(19)11-13-20(24)35-4/h7-15,25H,5-6H2,1-4H3/b21-15+/t25-/m1/s1. The van der Waals surface area contributed by atoms with Crippen LogP contribution in [0.5, 0.6) is 5.75 Å². The Hall–Kier alpha value is -3.01. The molecule has 0 radical (unpaired) electrons. The van der Waals surface area contributed by atoms with Gasteiger partial charge in [0.05, 0.1) is 26.7 Å². The minimum absolute atomic E-state index is 0.122. The summed E-state index contributed by atoms with van der Waals surface area (Å²) in [5.74, 6) is 0.503. The van der Waals surface area contributed by atoms with Crippen molar-refractivity contribution < 1.29 is 9.53 Å². The lowest BCUT2D eigenvalue weighted by Crippen LogP contribution is -2.43. The average molecular weight is 597 g/mol. The number of thiazole rings is 1. The van der Waals surface area contributed by atoms with Crippen molar-refractivity contribution in [2.24, 2.45) is 4.99 Å². The Morgan fingerprint density at radius 1 is 1.14 bits per heavy atom. The lowest BCUT2D eigenvalue weighted by molar-refractivity contribution is -0.127. The second kappa shape index (κ2) is 10.4. The summed E-state index contributed by atoms with van der Waals surface area (Å²) in [4.78, 5) is 36.1. The molecule has 2 aromatic heterocycles. The summed E-state index contributed by atoms with van der Waals surface area (Å²) in [5.41, 5.74) is 1.72. The van der Waals surface area contributed by atoms with Gasteiger partial charge in [0, 0.05) is 23.5 Å². The van der Waals surface area contributed by atoms with E-state index in [2.05, 4.69) is 15.9 Å². The van der Waals surface area contributed by atoms with Crippen molar-refractivity contribution in [2.45, 2.75) is 26.8 Å². The van der Waals surface area contributed by atoms with Gasteiger partial charge in [0.2, 0.25) is 0 Å². The van der Waals surface area contributed by atoms with Crippen LogP contribution in [-0.2, 0) is 4.79 Å². The van der Waals surface area contributed by atoms with Gasteiger partial charge < -0.3 is 9.64 Å². The van der Waals surface area contributed by atoms with E-state index in [9.17, 15) is 9.59 Å². The molecular weight excluding hydrogens is 570 g/mol. The second-order valence-electron chi connectivity index (χ2n) is 8.60. The molecule has 1 atom stereocenters. The molecule has 2 aromatic carbocycles. The lowest BCUT2D eigenvalue weighted by Gasteiger charge is -2.30. The van der Waals surface area contributed by atoms with Crippen LogP contribution >= 0.6 is 38.6 Å². The normalized spacial score (nSPS) is 15.6. The average Bonchev–Trinajstić information content (AvgIpc) is 3.45. The maximum absolute atomic E-state index is 14.0. The third-order valence-corrected chi connectivity index (χ3v) is 9.15. The number of hydrogen-bond acceptors (Lipinski definition) is 6. The van der Waals surface area contributed by atoms with Crippen molar-refractivity contribution in [2.75, 3.05) is 20.2 Å². The maximum Gasteiger partial charge on any atom is 0.271 e. The van der Waals surface area contributed by atoms with Gasteiger partial charge >= 0.3 is 0 Å². The highest BCUT2D eigenvalue weighted by Crippen LogP contribution is 2.40. The summed E-state index contributed by atoms with van der Waals surface area (Å²) in [7, 11) is 1.62. The van der Waals surface area contributed by atoms with Crippen LogP contribution in [0.4, 0.5) is 0 Å². The van der Waals surface area contributed by atoms with Crippen molar-refractivity contribution in [3.05, 3.63) is 93.7 Å². The largest absolute Gasteiger partial charge is 0.496 e. The molecule has 190 valence electrons. The first-order valence-corrected chi connectivity index (χ1v) is 14.4. The van der Waals surface area contributed by atoms with E-state index in [1.165, 1.54) is 11.3 Å². The molecule has 0 saturated heterocycles. The number of carbonyl (C=O) groups is 1. The highest BCUT2D eigenvalue weighted by molar-refractivity contribution is 9.11. The zero-order valence-electron chi connectivity index (χ0n) is 20.9. The summed E-state index contributed by atoms with van der Waals surface area (Å²) >= 11 is 6.39. The van der Waals surface area contributed by atoms with Gasteiger partial charge in [0.1, 0.15) is 11.8 Å². The van der Waals surface area contributed by atoms with Crippen LogP contribution in [0.3, 0.4) is 0 Å². The topological polar surface area (TPSA) is 63.9 Å². The van der Waals surface area contributed by atoms with Crippen molar-refractivity contribution in [3.63, 3.8) is 0 Å². The van der Waals surface area contributed by atoms with Crippen LogP contribution in [0.15, 0.2) is 73.4 Å². The predicted octanol–water partition coefficient (Wildman–Crippen LogP) is 5.09. The number of halogens is 1. The molecule has 1 aliphatic heterocycles. The van der Waals surface area contributed by atoms with Gasteiger partial charge in [0.15, 0.2) is 4.80 Å². The van der Waals surface area contributed by atoms with Crippen LogP contribution in [0.25, 0.3) is 16.8 Å². The number of amides is 1. The van der Waals surface area contributed by atoms with Crippen LogP contribution < -0.4 is 19.6 Å². The molecule has 0 fully saturated rings. The number of fused-ring (bicyclic) bond motifs is 2. The van der Waals surface area contributed by atoms with Gasteiger partial charge in [-0.1, -0.05) is 41.7 Å². The van der Waals surface area contributed by atoms with Crippen LogP contribution in [0, 0.1) is 0 Å². The summed E-state index contributed by atoms with van der Waals surface area (Å²) in [6, 6.07) is 15.1. The maximum atomic E-state index is 14.0. The SMILES string of the molecule is CCN(CC)C(=O)C1=C(C)N=c2s/c(=C/c3ccc(Br)s3)c(=O)n2[C@H]1c1c(OC)ccc2ccccc12. The van der Waals surface area contributed by atoms with Gasteiger partial charge in [-0.05, 0) is 71.7 Å². The van der Waals surface area contributed by atoms with E-state index in [-0.39, 0.29) is 11.5 Å². The molecule has 9 heteroatoms. The minimum Gasteiger partial charge on any atom is -0.496 e. The first kappa shape index (κ1) is 25.6. The number of methoxy groups -OCH3 is 1. The number of thiophene rings is 1. The molecule has 0 bridgehead atoms. The number of benzene rings is 2. The molecule has 1 amide bonds. The second-order valence-corrected chi connectivity index (χ2v) is 12.1. The van der Waals surface area contributed by atoms with Crippen LogP contribution in [-0.4, -0.2) is 35.6 Å². The van der Waals surface area contributed by atoms with Crippen molar-refractivity contribution in [1.29, 1.82) is 0 Å². The Balaban J connectivity index is 1.86. The number of nitrogens with zero attached hydrogens (tertiary/aromatic N) is 3. The molecule has 37 heavy (non-hydrogen) atoms. The highest BCUT2D eigenvalue weighted by atomic mass is 79.9. The fraction of sp³-hybridized carbons (Fsp3) is 0.250. The van der Waals surface area contributed by atoms with E-state index in [1.807, 2.05) is 75.4 Å². The number of hydrogen-bond donors (Lipinski definition) is 0. The van der Waals surface area contributed by atoms with Crippen LogP contribution in [0.1, 0.15) is 37.3 Å². The van der Waals surface area contributed by atoms with Gasteiger partial charge in [-0.25, -0.2) is 4.99 Å². The zero-order chi connectivity index (χ0) is 26.3. The Labute approximate surface area is 231 Å². The molecule has 4 aromatic rings. The minimum atomic E-state index is -0.678. The van der Waals surface area contributed by atoms with Crippen LogP contribution in [0.2, 0.25) is 0 Å². The van der Waals surface area contributed by atoms with E-state index in [0.717, 1.165) is 25.0 Å². The van der Waals surface area contributed by atoms with Gasteiger partial charge in [-0.3, -0.25) is 14.2 Å². The van der Waals surface area contributed by atoms with Crippen molar-refractivity contribution in [3.8, 4) is 5.75 Å². The first-order valence-electron chi connectivity index (χ1n) is 12.0. The fourth-order valence-corrected chi connectivity index (χ4v) is 7.30. The molecule has 1 aliphatic rings. The summed E-state index contributed by atoms with van der Waals surface area (Å²) in [6.45, 7) is 6.89. The van der Waals surface area contributed by atoms with E-state index < -0.39 is 6.04 Å². The fourth-order valence-electron chi connectivity index (χ4n) is 4.82. The monoisotopic (exact) mass is 595 g/mol.